The van der Waals surface area contributed by atoms with Gasteiger partial charge in [-0.25, -0.2) is 9.97 Å². The van der Waals surface area contributed by atoms with Crippen LogP contribution >= 0.6 is 0 Å². The Labute approximate surface area is 122 Å². The smallest absolute Gasteiger partial charge is 0.144 e. The number of aromatic nitrogens is 2. The van der Waals surface area contributed by atoms with Crippen molar-refractivity contribution in [1.82, 2.24) is 14.9 Å². The molecule has 0 aliphatic rings. The van der Waals surface area contributed by atoms with Gasteiger partial charge in [-0.05, 0) is 19.8 Å². The Balaban J connectivity index is 2.75. The number of hydrogen-bond acceptors (Lipinski definition) is 5. The zero-order valence-electron chi connectivity index (χ0n) is 13.4. The van der Waals surface area contributed by atoms with Gasteiger partial charge in [-0.3, -0.25) is 4.90 Å². The molecule has 0 fully saturated rings. The first-order valence-corrected chi connectivity index (χ1v) is 7.34. The van der Waals surface area contributed by atoms with Crippen molar-refractivity contribution in [3.63, 3.8) is 0 Å². The zero-order chi connectivity index (χ0) is 15.0. The number of anilines is 1. The minimum atomic E-state index is 0.616. The Morgan fingerprint density at radius 2 is 2.10 bits per heavy atom. The summed E-state index contributed by atoms with van der Waals surface area (Å²) in [5.41, 5.74) is 1.00. The molecule has 1 rings (SSSR count). The molecule has 0 amide bonds. The summed E-state index contributed by atoms with van der Waals surface area (Å²) < 4.78 is 5.18. The van der Waals surface area contributed by atoms with Crippen LogP contribution in [0.4, 0.5) is 5.82 Å². The second-order valence-electron chi connectivity index (χ2n) is 5.46. The molecule has 0 aromatic carbocycles. The monoisotopic (exact) mass is 280 g/mol. The van der Waals surface area contributed by atoms with Crippen LogP contribution in [0, 0.1) is 12.8 Å². The summed E-state index contributed by atoms with van der Waals surface area (Å²) >= 11 is 0. The highest BCUT2D eigenvalue weighted by Gasteiger charge is 2.11. The molecule has 20 heavy (non-hydrogen) atoms. The molecule has 0 saturated heterocycles. The van der Waals surface area contributed by atoms with E-state index in [0.717, 1.165) is 50.1 Å². The van der Waals surface area contributed by atoms with Gasteiger partial charge in [0.1, 0.15) is 11.6 Å². The first kappa shape index (κ1) is 16.9. The molecule has 114 valence electrons. The van der Waals surface area contributed by atoms with E-state index in [-0.39, 0.29) is 0 Å². The van der Waals surface area contributed by atoms with E-state index >= 15 is 0 Å². The molecule has 0 aliphatic heterocycles. The quantitative estimate of drug-likeness (QED) is 0.752. The molecule has 0 atom stereocenters. The summed E-state index contributed by atoms with van der Waals surface area (Å²) in [4.78, 5) is 11.5. The summed E-state index contributed by atoms with van der Waals surface area (Å²) in [7, 11) is 1.74. The number of hydrogen-bond donors (Lipinski definition) is 1. The van der Waals surface area contributed by atoms with Gasteiger partial charge in [0.05, 0.1) is 13.2 Å². The fourth-order valence-corrected chi connectivity index (χ4v) is 2.14. The third-order valence-electron chi connectivity index (χ3n) is 2.86. The van der Waals surface area contributed by atoms with Gasteiger partial charge in [-0.2, -0.15) is 0 Å². The maximum Gasteiger partial charge on any atom is 0.144 e. The van der Waals surface area contributed by atoms with Gasteiger partial charge in [0.2, 0.25) is 0 Å². The van der Waals surface area contributed by atoms with E-state index in [9.17, 15) is 0 Å². The number of methoxy groups -OCH3 is 1. The largest absolute Gasteiger partial charge is 0.383 e. The van der Waals surface area contributed by atoms with Crippen LogP contribution in [0.25, 0.3) is 0 Å². The van der Waals surface area contributed by atoms with Crippen LogP contribution in [0.5, 0.6) is 0 Å². The van der Waals surface area contributed by atoms with E-state index in [1.807, 2.05) is 13.0 Å². The zero-order valence-corrected chi connectivity index (χ0v) is 13.4. The maximum absolute atomic E-state index is 5.18. The Hall–Kier alpha value is -1.20. The van der Waals surface area contributed by atoms with E-state index < -0.39 is 0 Å². The number of nitrogens with one attached hydrogen (secondary N) is 1. The topological polar surface area (TPSA) is 50.3 Å². The lowest BCUT2D eigenvalue weighted by molar-refractivity contribution is 0.134. The average molecular weight is 280 g/mol. The van der Waals surface area contributed by atoms with Crippen LogP contribution in [0.2, 0.25) is 0 Å². The normalized spacial score (nSPS) is 11.3. The number of nitrogens with zero attached hydrogens (tertiary/aromatic N) is 3. The summed E-state index contributed by atoms with van der Waals surface area (Å²) in [5, 5.41) is 3.25. The van der Waals surface area contributed by atoms with Crippen molar-refractivity contribution < 1.29 is 4.74 Å². The second-order valence-corrected chi connectivity index (χ2v) is 5.46. The van der Waals surface area contributed by atoms with Gasteiger partial charge in [0.15, 0.2) is 0 Å². The first-order chi connectivity index (χ1) is 9.55. The van der Waals surface area contributed by atoms with Crippen molar-refractivity contribution in [3.8, 4) is 0 Å². The highest BCUT2D eigenvalue weighted by molar-refractivity contribution is 5.35. The minimum absolute atomic E-state index is 0.616. The highest BCUT2D eigenvalue weighted by atomic mass is 16.5. The fraction of sp³-hybridized carbons (Fsp3) is 0.733. The number of aryl methyl sites for hydroxylation is 1. The van der Waals surface area contributed by atoms with Gasteiger partial charge in [0.25, 0.3) is 0 Å². The Morgan fingerprint density at radius 1 is 1.35 bits per heavy atom. The van der Waals surface area contributed by atoms with Crippen molar-refractivity contribution in [1.29, 1.82) is 0 Å². The molecule has 1 heterocycles. The van der Waals surface area contributed by atoms with Gasteiger partial charge in [-0.1, -0.05) is 13.8 Å². The summed E-state index contributed by atoms with van der Waals surface area (Å²) in [6, 6.07) is 1.98. The predicted octanol–water partition coefficient (Wildman–Crippen LogP) is 2.32. The van der Waals surface area contributed by atoms with E-state index in [2.05, 4.69) is 41.0 Å². The third kappa shape index (κ3) is 6.30. The maximum atomic E-state index is 5.18. The van der Waals surface area contributed by atoms with Gasteiger partial charge in [-0.15, -0.1) is 0 Å². The second kappa shape index (κ2) is 8.87. The lowest BCUT2D eigenvalue weighted by Crippen LogP contribution is -2.31. The van der Waals surface area contributed by atoms with Crippen molar-refractivity contribution in [2.45, 2.75) is 34.2 Å². The van der Waals surface area contributed by atoms with Crippen LogP contribution in [-0.4, -0.2) is 48.2 Å². The molecular formula is C15H28N4O. The Morgan fingerprint density at radius 3 is 2.70 bits per heavy atom. The lowest BCUT2D eigenvalue weighted by Gasteiger charge is -2.23. The summed E-state index contributed by atoms with van der Waals surface area (Å²) in [5.74, 6) is 2.40. The van der Waals surface area contributed by atoms with E-state index in [0.29, 0.717) is 5.92 Å². The summed E-state index contributed by atoms with van der Waals surface area (Å²) in [6.45, 7) is 12.8. The lowest BCUT2D eigenvalue weighted by atomic mass is 10.2. The van der Waals surface area contributed by atoms with Crippen LogP contribution in [0.3, 0.4) is 0 Å². The van der Waals surface area contributed by atoms with Crippen LogP contribution in [-0.2, 0) is 11.3 Å². The number of rotatable bonds is 9. The molecule has 1 N–H and O–H groups in total. The van der Waals surface area contributed by atoms with Crippen molar-refractivity contribution >= 4 is 5.82 Å². The van der Waals surface area contributed by atoms with Crippen molar-refractivity contribution in [2.75, 3.05) is 38.7 Å². The predicted molar refractivity (Wildman–Crippen MR) is 82.9 cm³/mol. The Kier molecular flexibility index (Phi) is 7.47. The highest BCUT2D eigenvalue weighted by Crippen LogP contribution is 2.09. The SMILES string of the molecule is CCNc1cc(C)nc(CN(CCOC)CC(C)C)n1. The third-order valence-corrected chi connectivity index (χ3v) is 2.86. The van der Waals surface area contributed by atoms with Crippen molar-refractivity contribution in [2.24, 2.45) is 5.92 Å². The molecule has 0 unspecified atom stereocenters. The molecule has 1 aromatic heterocycles. The average Bonchev–Trinajstić information content (AvgIpc) is 2.35. The van der Waals surface area contributed by atoms with Crippen LogP contribution in [0.1, 0.15) is 32.3 Å². The molecule has 0 radical (unpaired) electrons. The van der Waals surface area contributed by atoms with E-state index in [4.69, 9.17) is 4.74 Å². The van der Waals surface area contributed by atoms with Gasteiger partial charge < -0.3 is 10.1 Å². The molecule has 0 saturated carbocycles. The molecule has 0 spiro atoms. The number of ether oxygens (including phenoxy) is 1. The fourth-order valence-electron chi connectivity index (χ4n) is 2.14. The first-order valence-electron chi connectivity index (χ1n) is 7.34. The van der Waals surface area contributed by atoms with Crippen LogP contribution < -0.4 is 5.32 Å². The van der Waals surface area contributed by atoms with Gasteiger partial charge >= 0.3 is 0 Å². The molecule has 0 bridgehead atoms. The van der Waals surface area contributed by atoms with Gasteiger partial charge in [0, 0.05) is 38.5 Å². The summed E-state index contributed by atoms with van der Waals surface area (Å²) in [6.07, 6.45) is 0. The minimum Gasteiger partial charge on any atom is -0.383 e. The molecule has 0 aliphatic carbocycles. The van der Waals surface area contributed by atoms with E-state index in [1.54, 1.807) is 7.11 Å². The molecule has 5 heteroatoms. The standard InChI is InChI=1S/C15H28N4O/c1-6-16-14-9-13(4)17-15(18-14)11-19(7-8-20-5)10-12(2)3/h9,12H,6-8,10-11H2,1-5H3,(H,16,17,18). The van der Waals surface area contributed by atoms with E-state index in [1.165, 1.54) is 0 Å². The molecular weight excluding hydrogens is 252 g/mol. The van der Waals surface area contributed by atoms with Crippen molar-refractivity contribution in [3.05, 3.63) is 17.6 Å². The van der Waals surface area contributed by atoms with Crippen LogP contribution in [0.15, 0.2) is 6.07 Å². The molecule has 5 nitrogen and oxygen atoms in total. The molecule has 1 aromatic rings. The Bertz CT molecular complexity index is 395.